The molecule has 3 aliphatic carbocycles. The van der Waals surface area contributed by atoms with Gasteiger partial charge in [0.25, 0.3) is 5.91 Å². The maximum absolute atomic E-state index is 12.9. The van der Waals surface area contributed by atoms with E-state index in [2.05, 4.69) is 15.5 Å². The van der Waals surface area contributed by atoms with Gasteiger partial charge in [-0.25, -0.2) is 0 Å². The van der Waals surface area contributed by atoms with Crippen molar-refractivity contribution >= 4 is 17.5 Å². The number of pyridine rings is 1. The summed E-state index contributed by atoms with van der Waals surface area (Å²) in [5, 5.41) is 18.0. The van der Waals surface area contributed by atoms with Crippen LogP contribution in [-0.2, 0) is 16.4 Å². The molecule has 1 aliphatic heterocycles. The molecule has 1 amide bonds. The van der Waals surface area contributed by atoms with Gasteiger partial charge >= 0.3 is 6.18 Å². The highest BCUT2D eigenvalue weighted by Gasteiger charge is 2.71. The predicted octanol–water partition coefficient (Wildman–Crippen LogP) is 4.58. The van der Waals surface area contributed by atoms with Crippen LogP contribution in [0.5, 0.6) is 5.75 Å². The van der Waals surface area contributed by atoms with Gasteiger partial charge in [-0.2, -0.15) is 13.2 Å². The van der Waals surface area contributed by atoms with Gasteiger partial charge in [-0.15, -0.1) is 0 Å². The molecule has 2 atom stereocenters. The molecule has 2 N–H and O–H groups in total. The second-order valence-corrected chi connectivity index (χ2v) is 10.1. The Kier molecular flexibility index (Phi) is 4.76. The van der Waals surface area contributed by atoms with E-state index in [0.29, 0.717) is 52.6 Å². The number of hydrogen-bond donors (Lipinski definition) is 2. The fourth-order valence-electron chi connectivity index (χ4n) is 5.48. The second-order valence-electron chi connectivity index (χ2n) is 9.63. The first-order valence-corrected chi connectivity index (χ1v) is 11.4. The van der Waals surface area contributed by atoms with Gasteiger partial charge in [0.15, 0.2) is 6.10 Å². The van der Waals surface area contributed by atoms with Crippen LogP contribution < -0.4 is 10.1 Å². The molecule has 0 unspecified atom stereocenters. The summed E-state index contributed by atoms with van der Waals surface area (Å²) in [5.41, 5.74) is -0.188. The van der Waals surface area contributed by atoms with Gasteiger partial charge < -0.3 is 19.7 Å². The number of aliphatic hydroxyl groups excluding tert-OH is 1. The third-order valence-electron chi connectivity index (χ3n) is 7.13. The van der Waals surface area contributed by atoms with Crippen LogP contribution in [0, 0.1) is 0 Å². The molecule has 1 aromatic carbocycles. The Bertz CT molecular complexity index is 1300. The smallest absolute Gasteiger partial charge is 0.433 e. The monoisotopic (exact) mass is 505 g/mol. The number of carbonyl (C=O) groups excluding carboxylic acids is 1. The molecule has 0 spiro atoms. The average molecular weight is 506 g/mol. The van der Waals surface area contributed by atoms with Crippen LogP contribution in [0.25, 0.3) is 11.3 Å². The summed E-state index contributed by atoms with van der Waals surface area (Å²) in [7, 11) is 0. The SMILES string of the molecule is O=C(NC12CC(c3cc(-c4ccc(C(F)(F)F)nc4)no3)(C1)C2)[C@@H]1C[C@@H](O)c2cc(Cl)ccc2O1. The van der Waals surface area contributed by atoms with Crippen molar-refractivity contribution in [3.63, 3.8) is 0 Å². The van der Waals surface area contributed by atoms with Crippen molar-refractivity contribution in [1.29, 1.82) is 0 Å². The van der Waals surface area contributed by atoms with Crippen molar-refractivity contribution in [2.24, 2.45) is 0 Å². The Morgan fingerprint density at radius 1 is 1.17 bits per heavy atom. The molecule has 2 bridgehead atoms. The van der Waals surface area contributed by atoms with Gasteiger partial charge in [0, 0.05) is 45.8 Å². The van der Waals surface area contributed by atoms with Gasteiger partial charge in [0.2, 0.25) is 0 Å². The van der Waals surface area contributed by atoms with Crippen molar-refractivity contribution in [3.8, 4) is 17.0 Å². The Labute approximate surface area is 202 Å². The lowest BCUT2D eigenvalue weighted by Gasteiger charge is -2.69. The van der Waals surface area contributed by atoms with E-state index >= 15 is 0 Å². The summed E-state index contributed by atoms with van der Waals surface area (Å²) >= 11 is 5.98. The summed E-state index contributed by atoms with van der Waals surface area (Å²) in [6.07, 6.45) is -2.93. The minimum Gasteiger partial charge on any atom is -0.480 e. The van der Waals surface area contributed by atoms with Crippen molar-refractivity contribution in [1.82, 2.24) is 15.5 Å². The third-order valence-corrected chi connectivity index (χ3v) is 7.37. The summed E-state index contributed by atoms with van der Waals surface area (Å²) in [6, 6.07) is 8.86. The summed E-state index contributed by atoms with van der Waals surface area (Å²) < 4.78 is 49.5. The number of hydrogen-bond acceptors (Lipinski definition) is 6. The average Bonchev–Trinajstić information content (AvgIpc) is 3.25. The van der Waals surface area contributed by atoms with Gasteiger partial charge in [-0.05, 0) is 49.6 Å². The predicted molar refractivity (Wildman–Crippen MR) is 117 cm³/mol. The molecule has 11 heteroatoms. The number of benzene rings is 1. The standard InChI is InChI=1S/C24H19ClF3N3O4/c25-13-2-3-17-14(5-13)16(32)7-18(34-17)21(33)30-23-9-22(10-23,11-23)20-6-15(31-35-20)12-1-4-19(29-8-12)24(26,27)28/h1-6,8,16,18,32H,7,9-11H2,(H,30,33)/t16-,18+,22?,23?/m1/s1. The molecule has 3 fully saturated rings. The zero-order valence-electron chi connectivity index (χ0n) is 18.1. The quantitative estimate of drug-likeness (QED) is 0.538. The Morgan fingerprint density at radius 3 is 2.63 bits per heavy atom. The molecule has 7 nitrogen and oxygen atoms in total. The number of nitrogens with zero attached hydrogens (tertiary/aromatic N) is 2. The number of carbonyl (C=O) groups is 1. The van der Waals surface area contributed by atoms with Gasteiger partial charge in [0.05, 0.1) is 6.10 Å². The topological polar surface area (TPSA) is 97.5 Å². The summed E-state index contributed by atoms with van der Waals surface area (Å²) in [6.45, 7) is 0. The minimum atomic E-state index is -4.50. The minimum absolute atomic E-state index is 0.132. The number of fused-ring (bicyclic) bond motifs is 1. The Balaban J connectivity index is 1.09. The van der Waals surface area contributed by atoms with Crippen LogP contribution in [0.2, 0.25) is 5.02 Å². The number of amides is 1. The molecule has 3 saturated carbocycles. The highest BCUT2D eigenvalue weighted by molar-refractivity contribution is 6.30. The normalized spacial score (nSPS) is 28.8. The van der Waals surface area contributed by atoms with Gasteiger partial charge in [-0.3, -0.25) is 9.78 Å². The number of nitrogens with one attached hydrogen (secondary N) is 1. The zero-order valence-corrected chi connectivity index (χ0v) is 18.9. The molecule has 0 radical (unpaired) electrons. The first-order chi connectivity index (χ1) is 16.6. The summed E-state index contributed by atoms with van der Waals surface area (Å²) in [4.78, 5) is 16.3. The second kappa shape index (κ2) is 7.44. The Morgan fingerprint density at radius 2 is 1.94 bits per heavy atom. The largest absolute Gasteiger partial charge is 0.480 e. The first-order valence-electron chi connectivity index (χ1n) is 11.0. The maximum atomic E-state index is 12.9. The van der Waals surface area contributed by atoms with E-state index in [0.717, 1.165) is 12.3 Å². The van der Waals surface area contributed by atoms with Crippen LogP contribution in [0.1, 0.15) is 48.8 Å². The highest BCUT2D eigenvalue weighted by Crippen LogP contribution is 2.68. The Hall–Kier alpha value is -3.11. The molecule has 182 valence electrons. The number of rotatable bonds is 4. The number of ether oxygens (including phenoxy) is 1. The van der Waals surface area contributed by atoms with E-state index in [1.165, 1.54) is 6.07 Å². The molecule has 2 aromatic heterocycles. The molecule has 4 aliphatic rings. The lowest BCUT2D eigenvalue weighted by molar-refractivity contribution is -0.149. The molecule has 3 aromatic rings. The van der Waals surface area contributed by atoms with Crippen LogP contribution >= 0.6 is 11.6 Å². The van der Waals surface area contributed by atoms with Gasteiger partial charge in [0.1, 0.15) is 22.9 Å². The highest BCUT2D eigenvalue weighted by atomic mass is 35.5. The molecule has 3 heterocycles. The zero-order chi connectivity index (χ0) is 24.6. The van der Waals surface area contributed by atoms with E-state index in [1.807, 2.05) is 0 Å². The van der Waals surface area contributed by atoms with E-state index in [4.69, 9.17) is 20.9 Å². The molecule has 0 saturated heterocycles. The number of halogens is 4. The van der Waals surface area contributed by atoms with E-state index in [-0.39, 0.29) is 23.3 Å². The molecule has 35 heavy (non-hydrogen) atoms. The van der Waals surface area contributed by atoms with E-state index < -0.39 is 24.1 Å². The summed E-state index contributed by atoms with van der Waals surface area (Å²) in [5.74, 6) is 0.792. The van der Waals surface area contributed by atoms with Crippen molar-refractivity contribution < 1.29 is 32.3 Å². The lowest BCUT2D eigenvalue weighted by atomic mass is 9.38. The van der Waals surface area contributed by atoms with Crippen molar-refractivity contribution in [3.05, 3.63) is 64.6 Å². The fourth-order valence-corrected chi connectivity index (χ4v) is 5.66. The molecular formula is C24H19ClF3N3O4. The lowest BCUT2D eigenvalue weighted by Crippen LogP contribution is -2.77. The fraction of sp³-hybridized carbons (Fsp3) is 0.375. The van der Waals surface area contributed by atoms with Crippen LogP contribution in [0.15, 0.2) is 47.1 Å². The first kappa shape index (κ1) is 22.4. The van der Waals surface area contributed by atoms with Crippen molar-refractivity contribution in [2.75, 3.05) is 0 Å². The van der Waals surface area contributed by atoms with Crippen LogP contribution in [0.3, 0.4) is 0 Å². The number of aromatic nitrogens is 2. The number of alkyl halides is 3. The van der Waals surface area contributed by atoms with E-state index in [1.54, 1.807) is 24.3 Å². The maximum Gasteiger partial charge on any atom is 0.433 e. The van der Waals surface area contributed by atoms with Crippen LogP contribution in [0.4, 0.5) is 13.2 Å². The van der Waals surface area contributed by atoms with Crippen LogP contribution in [-0.4, -0.2) is 32.8 Å². The third kappa shape index (κ3) is 3.66. The van der Waals surface area contributed by atoms with Gasteiger partial charge in [-0.1, -0.05) is 16.8 Å². The molecular weight excluding hydrogens is 487 g/mol. The molecule has 7 rings (SSSR count). The number of aliphatic hydroxyl groups is 1. The van der Waals surface area contributed by atoms with E-state index in [9.17, 15) is 23.1 Å². The van der Waals surface area contributed by atoms with Crippen molar-refractivity contribution in [2.45, 2.75) is 55.0 Å².